The van der Waals surface area contributed by atoms with Crippen LogP contribution in [0.25, 0.3) is 0 Å². The number of halogens is 2. The molecule has 0 heterocycles. The summed E-state index contributed by atoms with van der Waals surface area (Å²) in [6, 6.07) is 0. The van der Waals surface area contributed by atoms with E-state index in [1.165, 1.54) is 70.6 Å². The number of rotatable bonds is 16. The van der Waals surface area contributed by atoms with Gasteiger partial charge in [-0.3, -0.25) is 0 Å². The quantitative estimate of drug-likeness (QED) is 0.190. The van der Waals surface area contributed by atoms with Crippen molar-refractivity contribution in [3.8, 4) is 0 Å². The van der Waals surface area contributed by atoms with Crippen LogP contribution < -0.4 is 0 Å². The first kappa shape index (κ1) is 21.4. The van der Waals surface area contributed by atoms with Crippen LogP contribution in [0.1, 0.15) is 117 Å². The molecule has 0 fully saturated rings. The molecule has 0 amide bonds. The lowest BCUT2D eigenvalue weighted by Gasteiger charge is -2.17. The van der Waals surface area contributed by atoms with Crippen molar-refractivity contribution in [1.82, 2.24) is 0 Å². The van der Waals surface area contributed by atoms with Gasteiger partial charge in [0, 0.05) is 0 Å². The Bertz CT molecular complexity index is 204. The maximum Gasteiger partial charge on any atom is 0.165 e. The predicted molar refractivity (Wildman–Crippen MR) is 98.0 cm³/mol. The number of alkyl halides is 2. The smallest absolute Gasteiger partial charge is 0.165 e. The molecule has 21 heavy (non-hydrogen) atoms. The number of hydrogen-bond donors (Lipinski definition) is 0. The van der Waals surface area contributed by atoms with Crippen LogP contribution in [0.5, 0.6) is 0 Å². The molecule has 0 spiro atoms. The summed E-state index contributed by atoms with van der Waals surface area (Å²) in [5.74, 6) is 0. The molecule has 0 aliphatic rings. The molecule has 0 rings (SSSR count). The second-order valence-electron chi connectivity index (χ2n) is 6.60. The fourth-order valence-electron chi connectivity index (χ4n) is 2.81. The molecule has 0 nitrogen and oxygen atoms in total. The summed E-state index contributed by atoms with van der Waals surface area (Å²) >= 11 is 3.27. The van der Waals surface area contributed by atoms with Crippen LogP contribution in [0.15, 0.2) is 0 Å². The Morgan fingerprint density at radius 2 is 0.857 bits per heavy atom. The Kier molecular flexibility index (Phi) is 15.6. The van der Waals surface area contributed by atoms with Gasteiger partial charge < -0.3 is 0 Å². The Hall–Kier alpha value is 0.410. The first-order valence-electron chi connectivity index (χ1n) is 9.50. The van der Waals surface area contributed by atoms with Gasteiger partial charge in [-0.2, -0.15) is 0 Å². The van der Waals surface area contributed by atoms with Gasteiger partial charge in [0.25, 0.3) is 0 Å². The molecule has 1 atom stereocenters. The third-order valence-electron chi connectivity index (χ3n) is 4.29. The second-order valence-corrected chi connectivity index (χ2v) is 8.02. The molecule has 0 bridgehead atoms. The highest BCUT2D eigenvalue weighted by molar-refractivity contribution is 9.10. The van der Waals surface area contributed by atoms with E-state index in [0.717, 1.165) is 19.3 Å². The fourth-order valence-corrected chi connectivity index (χ4v) is 3.37. The molecule has 1 unspecified atom stereocenters. The highest BCUT2D eigenvalue weighted by atomic mass is 79.9. The summed E-state index contributed by atoms with van der Waals surface area (Å²) in [6.45, 7) is 4.43. The monoisotopic (exact) mass is 364 g/mol. The summed E-state index contributed by atoms with van der Waals surface area (Å²) in [7, 11) is 0. The van der Waals surface area contributed by atoms with E-state index in [1.807, 2.05) is 0 Å². The van der Waals surface area contributed by atoms with E-state index in [4.69, 9.17) is 0 Å². The minimum atomic E-state index is -1.10. The first-order valence-corrected chi connectivity index (χ1v) is 10.3. The van der Waals surface area contributed by atoms with Gasteiger partial charge in [-0.05, 0) is 41.6 Å². The highest BCUT2D eigenvalue weighted by Crippen LogP contribution is 2.33. The summed E-state index contributed by atoms with van der Waals surface area (Å²) in [5, 5.41) is 0. The van der Waals surface area contributed by atoms with Gasteiger partial charge in [0.2, 0.25) is 0 Å². The molecule has 128 valence electrons. The number of unbranched alkanes of at least 4 members (excludes halogenated alkanes) is 12. The minimum absolute atomic E-state index is 0.679. The van der Waals surface area contributed by atoms with Gasteiger partial charge in [0.1, 0.15) is 0 Å². The van der Waals surface area contributed by atoms with Crippen molar-refractivity contribution in [2.24, 2.45) is 0 Å². The molecule has 0 saturated heterocycles. The van der Waals surface area contributed by atoms with Gasteiger partial charge in [0.15, 0.2) is 4.58 Å². The van der Waals surface area contributed by atoms with E-state index < -0.39 is 4.58 Å². The maximum absolute atomic E-state index is 14.1. The topological polar surface area (TPSA) is 0 Å². The van der Waals surface area contributed by atoms with E-state index in [1.54, 1.807) is 0 Å². The number of hydrogen-bond acceptors (Lipinski definition) is 0. The molecule has 0 saturated carbocycles. The van der Waals surface area contributed by atoms with Crippen LogP contribution in [-0.2, 0) is 0 Å². The Morgan fingerprint density at radius 3 is 1.29 bits per heavy atom. The molecule has 0 aliphatic carbocycles. The molecular formula is C19H38BrF. The van der Waals surface area contributed by atoms with E-state index in [9.17, 15) is 4.39 Å². The van der Waals surface area contributed by atoms with Crippen LogP contribution in [-0.4, -0.2) is 4.58 Å². The van der Waals surface area contributed by atoms with Gasteiger partial charge in [-0.15, -0.1) is 0 Å². The van der Waals surface area contributed by atoms with Crippen LogP contribution in [0.3, 0.4) is 0 Å². The lowest BCUT2D eigenvalue weighted by atomic mass is 10.0. The van der Waals surface area contributed by atoms with Crippen molar-refractivity contribution in [1.29, 1.82) is 0 Å². The molecule has 2 heteroatoms. The average molecular weight is 365 g/mol. The Balaban J connectivity index is 3.23. The Labute approximate surface area is 141 Å². The summed E-state index contributed by atoms with van der Waals surface area (Å²) in [6.07, 6.45) is 19.3. The molecular weight excluding hydrogens is 327 g/mol. The van der Waals surface area contributed by atoms with Gasteiger partial charge in [0.05, 0.1) is 0 Å². The predicted octanol–water partition coefficient (Wildman–Crippen LogP) is 8.33. The molecule has 0 aromatic heterocycles. The zero-order valence-corrected chi connectivity index (χ0v) is 16.2. The van der Waals surface area contributed by atoms with Crippen molar-refractivity contribution in [3.63, 3.8) is 0 Å². The van der Waals surface area contributed by atoms with Crippen LogP contribution in [0.2, 0.25) is 0 Å². The van der Waals surface area contributed by atoms with Crippen molar-refractivity contribution in [2.45, 2.75) is 121 Å². The molecule has 0 aromatic rings. The Morgan fingerprint density at radius 1 is 0.571 bits per heavy atom. The summed E-state index contributed by atoms with van der Waals surface area (Å²) in [4.78, 5) is 0. The SMILES string of the molecule is CCCCCCCCCCCCCC(F)(Br)CCCCC. The molecule has 0 radical (unpaired) electrons. The van der Waals surface area contributed by atoms with E-state index in [2.05, 4.69) is 29.8 Å². The van der Waals surface area contributed by atoms with Crippen molar-refractivity contribution in [3.05, 3.63) is 0 Å². The molecule has 0 aromatic carbocycles. The van der Waals surface area contributed by atoms with Gasteiger partial charge in [-0.1, -0.05) is 90.9 Å². The first-order chi connectivity index (χ1) is 10.1. The van der Waals surface area contributed by atoms with Crippen molar-refractivity contribution >= 4 is 15.9 Å². The zero-order valence-electron chi connectivity index (χ0n) is 14.6. The van der Waals surface area contributed by atoms with E-state index in [-0.39, 0.29) is 0 Å². The summed E-state index contributed by atoms with van der Waals surface area (Å²) in [5.41, 5.74) is 0. The van der Waals surface area contributed by atoms with Crippen molar-refractivity contribution in [2.75, 3.05) is 0 Å². The lowest BCUT2D eigenvalue weighted by molar-refractivity contribution is 0.247. The largest absolute Gasteiger partial charge is 0.231 e. The van der Waals surface area contributed by atoms with Crippen LogP contribution >= 0.6 is 15.9 Å². The maximum atomic E-state index is 14.1. The molecule has 0 N–H and O–H groups in total. The van der Waals surface area contributed by atoms with Gasteiger partial charge >= 0.3 is 0 Å². The standard InChI is InChI=1S/C19H38BrF/c1-3-5-7-8-9-10-11-12-13-14-16-18-19(20,21)17-15-6-4-2/h3-18H2,1-2H3. The van der Waals surface area contributed by atoms with Crippen molar-refractivity contribution < 1.29 is 4.39 Å². The van der Waals surface area contributed by atoms with Gasteiger partial charge in [-0.25, -0.2) is 4.39 Å². The van der Waals surface area contributed by atoms with E-state index in [0.29, 0.717) is 12.8 Å². The van der Waals surface area contributed by atoms with Crippen LogP contribution in [0, 0.1) is 0 Å². The molecule has 0 aliphatic heterocycles. The third-order valence-corrected chi connectivity index (χ3v) is 5.09. The zero-order chi connectivity index (χ0) is 15.8. The highest BCUT2D eigenvalue weighted by Gasteiger charge is 2.23. The average Bonchev–Trinajstić information content (AvgIpc) is 2.45. The fraction of sp³-hybridized carbons (Fsp3) is 1.00. The normalized spacial score (nSPS) is 14.3. The minimum Gasteiger partial charge on any atom is -0.231 e. The second kappa shape index (κ2) is 15.3. The third kappa shape index (κ3) is 16.6. The van der Waals surface area contributed by atoms with Crippen LogP contribution in [0.4, 0.5) is 4.39 Å². The van der Waals surface area contributed by atoms with E-state index >= 15 is 0 Å². The lowest BCUT2D eigenvalue weighted by Crippen LogP contribution is -2.13. The summed E-state index contributed by atoms with van der Waals surface area (Å²) < 4.78 is 13.0.